The molecule has 156 valence electrons. The first-order valence-electron chi connectivity index (χ1n) is 10.2. The van der Waals surface area contributed by atoms with Crippen LogP contribution in [-0.2, 0) is 9.59 Å². The molecule has 30 heavy (non-hydrogen) atoms. The van der Waals surface area contributed by atoms with Crippen LogP contribution >= 0.6 is 0 Å². The summed E-state index contributed by atoms with van der Waals surface area (Å²) in [6.07, 6.45) is 1.78. The Morgan fingerprint density at radius 2 is 1.70 bits per heavy atom. The average Bonchev–Trinajstić information content (AvgIpc) is 3.07. The molecular formula is C23H25N3O4. The van der Waals surface area contributed by atoms with Crippen molar-refractivity contribution in [3.8, 4) is 5.75 Å². The number of methoxy groups -OCH3 is 1. The number of rotatable bonds is 5. The Balaban J connectivity index is 1.34. The van der Waals surface area contributed by atoms with Crippen molar-refractivity contribution in [3.05, 3.63) is 60.2 Å². The van der Waals surface area contributed by atoms with Gasteiger partial charge in [0.05, 0.1) is 19.2 Å². The molecule has 4 rings (SSSR count). The lowest BCUT2D eigenvalue weighted by molar-refractivity contribution is -0.134. The van der Waals surface area contributed by atoms with Crippen LogP contribution in [0.1, 0.15) is 30.7 Å². The summed E-state index contributed by atoms with van der Waals surface area (Å²) in [5.41, 5.74) is 1.76. The molecule has 0 saturated carbocycles. The Bertz CT molecular complexity index is 921. The highest BCUT2D eigenvalue weighted by Crippen LogP contribution is 2.29. The second kappa shape index (κ2) is 8.57. The Hall–Kier alpha value is -3.35. The molecule has 2 saturated heterocycles. The first-order chi connectivity index (χ1) is 14.6. The maximum atomic E-state index is 12.8. The van der Waals surface area contributed by atoms with E-state index < -0.39 is 18.0 Å². The average molecular weight is 407 g/mol. The van der Waals surface area contributed by atoms with Gasteiger partial charge in [0.2, 0.25) is 5.91 Å². The third kappa shape index (κ3) is 4.01. The number of nitrogens with zero attached hydrogens (tertiary/aromatic N) is 2. The maximum absolute atomic E-state index is 12.8. The van der Waals surface area contributed by atoms with Gasteiger partial charge in [0, 0.05) is 13.1 Å². The number of piperidine rings is 1. The van der Waals surface area contributed by atoms with E-state index >= 15 is 0 Å². The lowest BCUT2D eigenvalue weighted by Crippen LogP contribution is -2.42. The monoisotopic (exact) mass is 407 g/mol. The third-order valence-corrected chi connectivity index (χ3v) is 5.85. The number of amides is 4. The van der Waals surface area contributed by atoms with Gasteiger partial charge in [0.25, 0.3) is 5.91 Å². The van der Waals surface area contributed by atoms with E-state index in [1.807, 2.05) is 18.2 Å². The number of likely N-dealkylation sites (tertiary alicyclic amines) is 1. The van der Waals surface area contributed by atoms with Crippen molar-refractivity contribution in [2.75, 3.05) is 25.1 Å². The molecule has 2 heterocycles. The summed E-state index contributed by atoms with van der Waals surface area (Å²) < 4.78 is 5.11. The van der Waals surface area contributed by atoms with Crippen LogP contribution < -0.4 is 15.0 Å². The summed E-state index contributed by atoms with van der Waals surface area (Å²) >= 11 is 0. The molecule has 7 nitrogen and oxygen atoms in total. The number of benzene rings is 2. The number of hydrogen-bond acceptors (Lipinski definition) is 4. The molecule has 0 aliphatic carbocycles. The molecule has 0 radical (unpaired) electrons. The van der Waals surface area contributed by atoms with Gasteiger partial charge in [-0.15, -0.1) is 0 Å². The van der Waals surface area contributed by atoms with Crippen molar-refractivity contribution < 1.29 is 19.1 Å². The second-order valence-electron chi connectivity index (χ2n) is 7.64. The zero-order valence-corrected chi connectivity index (χ0v) is 16.9. The SMILES string of the molecule is COc1ccc(N2C(=O)N[C@@H](CC(=O)N3CCC(c4ccccc4)CC3)C2=O)cc1. The van der Waals surface area contributed by atoms with Crippen LogP contribution in [0.4, 0.5) is 10.5 Å². The quantitative estimate of drug-likeness (QED) is 0.773. The van der Waals surface area contributed by atoms with E-state index in [1.54, 1.807) is 36.3 Å². The molecule has 4 amide bonds. The number of imide groups is 1. The van der Waals surface area contributed by atoms with Crippen LogP contribution in [0.3, 0.4) is 0 Å². The number of hydrogen-bond donors (Lipinski definition) is 1. The van der Waals surface area contributed by atoms with Gasteiger partial charge in [0.15, 0.2) is 0 Å². The highest BCUT2D eigenvalue weighted by molar-refractivity contribution is 6.22. The number of urea groups is 1. The van der Waals surface area contributed by atoms with Crippen LogP contribution in [-0.4, -0.2) is 49.0 Å². The molecule has 1 atom stereocenters. The Kier molecular flexibility index (Phi) is 5.70. The largest absolute Gasteiger partial charge is 0.497 e. The molecule has 0 spiro atoms. The van der Waals surface area contributed by atoms with E-state index in [-0.39, 0.29) is 12.3 Å². The summed E-state index contributed by atoms with van der Waals surface area (Å²) in [4.78, 5) is 40.8. The predicted molar refractivity (Wildman–Crippen MR) is 112 cm³/mol. The van der Waals surface area contributed by atoms with Gasteiger partial charge < -0.3 is 15.0 Å². The molecule has 0 aromatic heterocycles. The molecule has 2 aromatic rings. The fourth-order valence-corrected chi connectivity index (χ4v) is 4.14. The van der Waals surface area contributed by atoms with Crippen molar-refractivity contribution in [1.29, 1.82) is 0 Å². The highest BCUT2D eigenvalue weighted by atomic mass is 16.5. The molecular weight excluding hydrogens is 382 g/mol. The number of nitrogens with one attached hydrogen (secondary N) is 1. The Morgan fingerprint density at radius 1 is 1.03 bits per heavy atom. The summed E-state index contributed by atoms with van der Waals surface area (Å²) in [5, 5.41) is 2.64. The number of carbonyl (C=O) groups is 3. The zero-order valence-electron chi connectivity index (χ0n) is 16.9. The maximum Gasteiger partial charge on any atom is 0.329 e. The standard InChI is InChI=1S/C23H25N3O4/c1-30-19-9-7-18(8-10-19)26-22(28)20(24-23(26)29)15-21(27)25-13-11-17(12-14-25)16-5-3-2-4-6-16/h2-10,17,20H,11-15H2,1H3,(H,24,29)/t20-/m0/s1. The van der Waals surface area contributed by atoms with E-state index in [9.17, 15) is 14.4 Å². The molecule has 2 fully saturated rings. The van der Waals surface area contributed by atoms with Crippen molar-refractivity contribution >= 4 is 23.5 Å². The van der Waals surface area contributed by atoms with Gasteiger partial charge in [-0.2, -0.15) is 0 Å². The van der Waals surface area contributed by atoms with Gasteiger partial charge in [-0.25, -0.2) is 9.69 Å². The second-order valence-corrected chi connectivity index (χ2v) is 7.64. The highest BCUT2D eigenvalue weighted by Gasteiger charge is 2.41. The minimum Gasteiger partial charge on any atom is -0.497 e. The van der Waals surface area contributed by atoms with Crippen LogP contribution in [0.5, 0.6) is 5.75 Å². The molecule has 7 heteroatoms. The summed E-state index contributed by atoms with van der Waals surface area (Å²) in [6.45, 7) is 1.32. The molecule has 2 aliphatic rings. The van der Waals surface area contributed by atoms with Crippen molar-refractivity contribution in [1.82, 2.24) is 10.2 Å². The van der Waals surface area contributed by atoms with E-state index in [0.29, 0.717) is 30.4 Å². The fraction of sp³-hybridized carbons (Fsp3) is 0.348. The van der Waals surface area contributed by atoms with Gasteiger partial charge in [-0.1, -0.05) is 30.3 Å². The topological polar surface area (TPSA) is 79.0 Å². The smallest absolute Gasteiger partial charge is 0.329 e. The number of ether oxygens (including phenoxy) is 1. The van der Waals surface area contributed by atoms with Gasteiger partial charge in [0.1, 0.15) is 11.8 Å². The summed E-state index contributed by atoms with van der Waals surface area (Å²) in [7, 11) is 1.55. The lowest BCUT2D eigenvalue weighted by atomic mass is 9.89. The third-order valence-electron chi connectivity index (χ3n) is 5.85. The van der Waals surface area contributed by atoms with Gasteiger partial charge in [-0.3, -0.25) is 9.59 Å². The van der Waals surface area contributed by atoms with Crippen LogP contribution in [0.15, 0.2) is 54.6 Å². The van der Waals surface area contributed by atoms with Gasteiger partial charge in [-0.05, 0) is 48.6 Å². The molecule has 2 aromatic carbocycles. The first kappa shape index (κ1) is 19.9. The summed E-state index contributed by atoms with van der Waals surface area (Å²) in [6, 6.07) is 15.7. The van der Waals surface area contributed by atoms with Crippen LogP contribution in [0, 0.1) is 0 Å². The number of anilines is 1. The predicted octanol–water partition coefficient (Wildman–Crippen LogP) is 2.92. The van der Waals surface area contributed by atoms with Gasteiger partial charge >= 0.3 is 6.03 Å². The van der Waals surface area contributed by atoms with Crippen molar-refractivity contribution in [3.63, 3.8) is 0 Å². The molecule has 2 aliphatic heterocycles. The normalized spacial score (nSPS) is 19.7. The number of carbonyl (C=O) groups excluding carboxylic acids is 3. The summed E-state index contributed by atoms with van der Waals surface area (Å²) in [5.74, 6) is 0.583. The van der Waals surface area contributed by atoms with Crippen LogP contribution in [0.2, 0.25) is 0 Å². The zero-order chi connectivity index (χ0) is 21.1. The minimum atomic E-state index is -0.834. The van der Waals surface area contributed by atoms with Crippen LogP contribution in [0.25, 0.3) is 0 Å². The molecule has 0 unspecified atom stereocenters. The van der Waals surface area contributed by atoms with E-state index in [2.05, 4.69) is 17.4 Å². The Labute approximate surface area is 175 Å². The van der Waals surface area contributed by atoms with E-state index in [1.165, 1.54) is 5.56 Å². The fourth-order valence-electron chi connectivity index (χ4n) is 4.14. The van der Waals surface area contributed by atoms with Crippen molar-refractivity contribution in [2.24, 2.45) is 0 Å². The van der Waals surface area contributed by atoms with E-state index in [4.69, 9.17) is 4.74 Å². The molecule has 1 N–H and O–H groups in total. The minimum absolute atomic E-state index is 0.0206. The lowest BCUT2D eigenvalue weighted by Gasteiger charge is -2.32. The van der Waals surface area contributed by atoms with Crippen molar-refractivity contribution in [2.45, 2.75) is 31.2 Å². The first-order valence-corrected chi connectivity index (χ1v) is 10.2. The molecule has 0 bridgehead atoms. The van der Waals surface area contributed by atoms with E-state index in [0.717, 1.165) is 17.7 Å². The Morgan fingerprint density at radius 3 is 2.33 bits per heavy atom.